The fourth-order valence-corrected chi connectivity index (χ4v) is 2.63. The number of nitrogens with zero attached hydrogens (tertiary/aromatic N) is 3. The van der Waals surface area contributed by atoms with Crippen molar-refractivity contribution < 1.29 is 4.79 Å². The highest BCUT2D eigenvalue weighted by molar-refractivity contribution is 7.99. The lowest BCUT2D eigenvalue weighted by Crippen LogP contribution is -2.36. The highest BCUT2D eigenvalue weighted by Gasteiger charge is 2.20. The predicted molar refractivity (Wildman–Crippen MR) is 78.4 cm³/mol. The van der Waals surface area contributed by atoms with Gasteiger partial charge in [0.25, 0.3) is 5.91 Å². The molecule has 0 aliphatic rings. The van der Waals surface area contributed by atoms with E-state index in [4.69, 9.17) is 0 Å². The van der Waals surface area contributed by atoms with Crippen LogP contribution in [0.5, 0.6) is 0 Å². The van der Waals surface area contributed by atoms with E-state index >= 15 is 0 Å². The number of fused-ring (bicyclic) bond motifs is 1. The third-order valence-electron chi connectivity index (χ3n) is 3.12. The summed E-state index contributed by atoms with van der Waals surface area (Å²) in [5, 5.41) is 10.6. The molecule has 0 unspecified atom stereocenters. The van der Waals surface area contributed by atoms with Gasteiger partial charge in [0.15, 0.2) is 0 Å². The zero-order valence-electron chi connectivity index (χ0n) is 11.4. The minimum atomic E-state index is -0.0105. The number of hydrogen-bond donors (Lipinski definition) is 1. The molecule has 0 aliphatic heterocycles. The van der Waals surface area contributed by atoms with E-state index in [0.717, 1.165) is 17.0 Å². The average Bonchev–Trinajstić information content (AvgIpc) is 2.91. The third-order valence-corrected chi connectivity index (χ3v) is 4.25. The second-order valence-corrected chi connectivity index (χ2v) is 5.74. The molecule has 0 aliphatic carbocycles. The average molecular weight is 278 g/mol. The van der Waals surface area contributed by atoms with Crippen molar-refractivity contribution in [3.63, 3.8) is 0 Å². The summed E-state index contributed by atoms with van der Waals surface area (Å²) in [4.78, 5) is 14.3. The molecule has 1 heterocycles. The number of carbonyl (C=O) groups excluding carboxylic acids is 1. The van der Waals surface area contributed by atoms with Gasteiger partial charge in [-0.2, -0.15) is 27.2 Å². The summed E-state index contributed by atoms with van der Waals surface area (Å²) >= 11 is 1.83. The summed E-state index contributed by atoms with van der Waals surface area (Å²) in [6.45, 7) is 4.18. The molecule has 19 heavy (non-hydrogen) atoms. The Labute approximate surface area is 116 Å². The maximum atomic E-state index is 12.5. The van der Waals surface area contributed by atoms with Crippen molar-refractivity contribution in [2.24, 2.45) is 0 Å². The van der Waals surface area contributed by atoms with Crippen LogP contribution in [0.4, 0.5) is 0 Å². The zero-order chi connectivity index (χ0) is 13.8. The quantitative estimate of drug-likeness (QED) is 0.910. The lowest BCUT2D eigenvalue weighted by Gasteiger charge is -2.24. The molecule has 1 aromatic heterocycles. The Kier molecular flexibility index (Phi) is 4.42. The Hall–Kier alpha value is -1.56. The Bertz CT molecular complexity index is 569. The number of hydrogen-bond acceptors (Lipinski definition) is 4. The van der Waals surface area contributed by atoms with Gasteiger partial charge in [-0.1, -0.05) is 13.0 Å². The molecule has 0 spiro atoms. The van der Waals surface area contributed by atoms with Crippen molar-refractivity contribution >= 4 is 28.7 Å². The summed E-state index contributed by atoms with van der Waals surface area (Å²) in [6.07, 6.45) is 0. The monoisotopic (exact) mass is 278 g/mol. The molecule has 0 saturated carbocycles. The van der Waals surface area contributed by atoms with Crippen molar-refractivity contribution in [1.29, 1.82) is 0 Å². The van der Waals surface area contributed by atoms with Crippen LogP contribution in [0.1, 0.15) is 24.2 Å². The van der Waals surface area contributed by atoms with Crippen LogP contribution < -0.4 is 0 Å². The number of thioether (sulfide) groups is 1. The highest BCUT2D eigenvalue weighted by Crippen LogP contribution is 2.17. The molecule has 0 radical (unpaired) electrons. The first-order valence-corrected chi connectivity index (χ1v) is 7.45. The van der Waals surface area contributed by atoms with Gasteiger partial charge in [0.2, 0.25) is 0 Å². The molecule has 0 bridgehead atoms. The Morgan fingerprint density at radius 1 is 1.47 bits per heavy atom. The first-order chi connectivity index (χ1) is 9.15. The fourth-order valence-electron chi connectivity index (χ4n) is 1.83. The number of benzene rings is 1. The van der Waals surface area contributed by atoms with Gasteiger partial charge in [0, 0.05) is 18.8 Å². The van der Waals surface area contributed by atoms with E-state index in [2.05, 4.69) is 29.3 Å². The molecule has 0 fully saturated rings. The maximum absolute atomic E-state index is 12.5. The molecule has 1 aromatic carbocycles. The summed E-state index contributed by atoms with van der Waals surface area (Å²) in [5.41, 5.74) is 1.95. The second kappa shape index (κ2) is 6.06. The smallest absolute Gasteiger partial charge is 0.256 e. The van der Waals surface area contributed by atoms with Crippen LogP contribution in [-0.4, -0.2) is 50.8 Å². The molecule has 5 nitrogen and oxygen atoms in total. The van der Waals surface area contributed by atoms with Crippen molar-refractivity contribution in [3.05, 3.63) is 23.8 Å². The van der Waals surface area contributed by atoms with Crippen molar-refractivity contribution in [1.82, 2.24) is 20.3 Å². The van der Waals surface area contributed by atoms with Gasteiger partial charge in [-0.15, -0.1) is 0 Å². The van der Waals surface area contributed by atoms with Crippen LogP contribution in [0.25, 0.3) is 11.0 Å². The zero-order valence-corrected chi connectivity index (χ0v) is 12.2. The van der Waals surface area contributed by atoms with E-state index in [9.17, 15) is 4.79 Å². The Morgan fingerprint density at radius 3 is 3.00 bits per heavy atom. The molecule has 1 N–H and O–H groups in total. The molecular weight excluding hydrogens is 260 g/mol. The molecule has 2 rings (SSSR count). The molecule has 1 amide bonds. The van der Waals surface area contributed by atoms with Crippen LogP contribution in [0.15, 0.2) is 18.2 Å². The Morgan fingerprint density at radius 2 is 2.26 bits per heavy atom. The molecule has 102 valence electrons. The van der Waals surface area contributed by atoms with Crippen LogP contribution in [-0.2, 0) is 0 Å². The topological polar surface area (TPSA) is 61.9 Å². The standard InChI is InChI=1S/C13H18N4OS/c1-4-19-8-9(2)17(3)13(18)10-6-5-7-11-12(10)15-16-14-11/h5-7,9H,4,8H2,1-3H3,(H,14,15,16)/t9-/m0/s1. The van der Waals surface area contributed by atoms with Crippen molar-refractivity contribution in [2.45, 2.75) is 19.9 Å². The Balaban J connectivity index is 2.21. The summed E-state index contributed by atoms with van der Waals surface area (Å²) in [6, 6.07) is 5.66. The summed E-state index contributed by atoms with van der Waals surface area (Å²) in [5.74, 6) is 1.99. The molecule has 1 atom stereocenters. The minimum absolute atomic E-state index is 0.0105. The third kappa shape index (κ3) is 2.89. The van der Waals surface area contributed by atoms with E-state index < -0.39 is 0 Å². The number of aromatic amines is 1. The molecule has 0 saturated heterocycles. The first kappa shape index (κ1) is 13.9. The van der Waals surface area contributed by atoms with E-state index in [1.807, 2.05) is 30.9 Å². The van der Waals surface area contributed by atoms with E-state index in [0.29, 0.717) is 11.1 Å². The van der Waals surface area contributed by atoms with E-state index in [1.165, 1.54) is 0 Å². The van der Waals surface area contributed by atoms with Gasteiger partial charge in [0.05, 0.1) is 5.56 Å². The van der Waals surface area contributed by atoms with Gasteiger partial charge in [-0.25, -0.2) is 0 Å². The number of carbonyl (C=O) groups is 1. The fraction of sp³-hybridized carbons (Fsp3) is 0.462. The van der Waals surface area contributed by atoms with E-state index in [1.54, 1.807) is 11.0 Å². The summed E-state index contributed by atoms with van der Waals surface area (Å²) in [7, 11) is 1.84. The summed E-state index contributed by atoms with van der Waals surface area (Å²) < 4.78 is 0. The first-order valence-electron chi connectivity index (χ1n) is 6.29. The van der Waals surface area contributed by atoms with Crippen molar-refractivity contribution in [3.8, 4) is 0 Å². The minimum Gasteiger partial charge on any atom is -0.338 e. The van der Waals surface area contributed by atoms with Gasteiger partial charge in [-0.05, 0) is 24.8 Å². The van der Waals surface area contributed by atoms with Gasteiger partial charge in [0.1, 0.15) is 11.0 Å². The number of rotatable bonds is 5. The van der Waals surface area contributed by atoms with E-state index in [-0.39, 0.29) is 11.9 Å². The van der Waals surface area contributed by atoms with Crippen LogP contribution >= 0.6 is 11.8 Å². The normalized spacial score (nSPS) is 12.6. The van der Waals surface area contributed by atoms with Crippen LogP contribution in [0.3, 0.4) is 0 Å². The molecule has 2 aromatic rings. The lowest BCUT2D eigenvalue weighted by molar-refractivity contribution is 0.0759. The highest BCUT2D eigenvalue weighted by atomic mass is 32.2. The second-order valence-electron chi connectivity index (χ2n) is 4.42. The SMILES string of the molecule is CCSC[C@H](C)N(C)C(=O)c1cccc2n[nH]nc12. The number of nitrogens with one attached hydrogen (secondary N) is 1. The largest absolute Gasteiger partial charge is 0.338 e. The predicted octanol–water partition coefficient (Wildman–Crippen LogP) is 2.17. The van der Waals surface area contributed by atoms with Crippen molar-refractivity contribution in [2.75, 3.05) is 18.6 Å². The number of para-hydroxylation sites is 1. The lowest BCUT2D eigenvalue weighted by atomic mass is 10.1. The number of aromatic nitrogens is 3. The molecule has 6 heteroatoms. The maximum Gasteiger partial charge on any atom is 0.256 e. The van der Waals surface area contributed by atoms with Crippen LogP contribution in [0.2, 0.25) is 0 Å². The van der Waals surface area contributed by atoms with Gasteiger partial charge in [-0.3, -0.25) is 4.79 Å². The molecular formula is C13H18N4OS. The van der Waals surface area contributed by atoms with Gasteiger partial charge < -0.3 is 4.90 Å². The van der Waals surface area contributed by atoms with Gasteiger partial charge >= 0.3 is 0 Å². The van der Waals surface area contributed by atoms with Crippen LogP contribution in [0, 0.1) is 0 Å². The number of H-pyrrole nitrogens is 1. The number of amides is 1.